The van der Waals surface area contributed by atoms with Gasteiger partial charge in [0.1, 0.15) is 0 Å². The number of nitrogens with two attached hydrogens (primary N) is 3. The van der Waals surface area contributed by atoms with Crippen molar-refractivity contribution in [1.82, 2.24) is 9.97 Å². The minimum absolute atomic E-state index is 0.0315. The molecule has 0 fully saturated rings. The van der Waals surface area contributed by atoms with Gasteiger partial charge in [-0.05, 0) is 12.1 Å². The van der Waals surface area contributed by atoms with Crippen molar-refractivity contribution < 1.29 is 14.2 Å². The molecule has 0 radical (unpaired) electrons. The first-order chi connectivity index (χ1) is 12.9. The van der Waals surface area contributed by atoms with Gasteiger partial charge < -0.3 is 22.5 Å². The number of nitrogens with one attached hydrogen (secondary N) is 1. The maximum Gasteiger partial charge on any atom is 0.323 e. The zero-order chi connectivity index (χ0) is 20.7. The Hall–Kier alpha value is -3.29. The lowest BCUT2D eigenvalue weighted by molar-refractivity contribution is -0.388. The normalized spacial score (nSPS) is 9.19. The number of aromatic nitrogens is 2. The fourth-order valence-electron chi connectivity index (χ4n) is 1.38. The van der Waals surface area contributed by atoms with Crippen LogP contribution in [0, 0.1) is 26.2 Å². The van der Waals surface area contributed by atoms with Gasteiger partial charge in [0.25, 0.3) is 5.95 Å². The third-order valence-corrected chi connectivity index (χ3v) is 2.52. The third kappa shape index (κ3) is 9.69. The molecule has 0 aliphatic carbocycles. The fourth-order valence-corrected chi connectivity index (χ4v) is 1.38. The van der Waals surface area contributed by atoms with Gasteiger partial charge in [0.2, 0.25) is 5.82 Å². The summed E-state index contributed by atoms with van der Waals surface area (Å²) < 4.78 is 12.3. The van der Waals surface area contributed by atoms with Gasteiger partial charge in [0.05, 0.1) is 9.85 Å². The van der Waals surface area contributed by atoms with E-state index in [1.54, 1.807) is 0 Å². The van der Waals surface area contributed by atoms with Crippen molar-refractivity contribution in [2.75, 3.05) is 31.5 Å². The molecule has 12 nitrogen and oxygen atoms in total. The Labute approximate surface area is 153 Å². The van der Waals surface area contributed by atoms with Gasteiger partial charge in [0.15, 0.2) is 0 Å². The first-order valence-electron chi connectivity index (χ1n) is 7.57. The second kappa shape index (κ2) is 13.9. The minimum Gasteiger partial charge on any atom is -0.363 e. The topological polar surface area (TPSA) is 202 Å². The van der Waals surface area contributed by atoms with Crippen molar-refractivity contribution in [3.63, 3.8) is 0 Å². The van der Waals surface area contributed by atoms with Crippen LogP contribution in [0.2, 0.25) is 0 Å². The van der Waals surface area contributed by atoms with E-state index in [0.717, 1.165) is 12.3 Å². The van der Waals surface area contributed by atoms with Crippen molar-refractivity contribution in [1.29, 1.82) is 0 Å². The molecular weight excluding hydrogens is 363 g/mol. The average Bonchev–Trinajstić information content (AvgIpc) is 2.67. The van der Waals surface area contributed by atoms with Gasteiger partial charge in [-0.2, -0.15) is 4.39 Å². The van der Waals surface area contributed by atoms with Crippen LogP contribution in [0.25, 0.3) is 0 Å². The van der Waals surface area contributed by atoms with Crippen LogP contribution >= 0.6 is 0 Å². The van der Waals surface area contributed by atoms with Gasteiger partial charge in [-0.3, -0.25) is 20.2 Å². The molecule has 0 aliphatic rings. The minimum atomic E-state index is -1.05. The van der Waals surface area contributed by atoms with E-state index >= 15 is 0 Å². The fraction of sp³-hybridized carbons (Fsp3) is 0.286. The van der Waals surface area contributed by atoms with Gasteiger partial charge in [-0.15, -0.1) is 0 Å². The summed E-state index contributed by atoms with van der Waals surface area (Å²) in [5, 5.41) is 23.2. The molecule has 0 spiro atoms. The summed E-state index contributed by atoms with van der Waals surface area (Å²) in [6, 6.07) is 5.28. The lowest BCUT2D eigenvalue weighted by Crippen LogP contribution is -2.14. The van der Waals surface area contributed by atoms with Crippen LogP contribution in [0.5, 0.6) is 0 Å². The molecule has 0 amide bonds. The highest BCUT2D eigenvalue weighted by Gasteiger charge is 2.13. The lowest BCUT2D eigenvalue weighted by Gasteiger charge is -2.02. The number of nitro groups is 2. The molecule has 0 saturated heterocycles. The number of hydrogen-bond donors (Lipinski definition) is 4. The van der Waals surface area contributed by atoms with E-state index in [1.165, 1.54) is 24.4 Å². The smallest absolute Gasteiger partial charge is 0.323 e. The summed E-state index contributed by atoms with van der Waals surface area (Å²) in [4.78, 5) is 26.1. The molecule has 2 aromatic rings. The highest BCUT2D eigenvalue weighted by atomic mass is 19.1. The Balaban J connectivity index is 0.000000428. The van der Waals surface area contributed by atoms with Crippen LogP contribution in [0.3, 0.4) is 0 Å². The predicted octanol–water partition coefficient (Wildman–Crippen LogP) is 0.393. The summed E-state index contributed by atoms with van der Waals surface area (Å²) in [6.07, 6.45) is 2.65. The van der Waals surface area contributed by atoms with E-state index in [4.69, 9.17) is 17.2 Å². The molecule has 2 heterocycles. The molecule has 148 valence electrons. The molecule has 27 heavy (non-hydrogen) atoms. The van der Waals surface area contributed by atoms with Crippen LogP contribution in [-0.2, 0) is 0 Å². The largest absolute Gasteiger partial charge is 0.363 e. The first kappa shape index (κ1) is 23.7. The maximum absolute atomic E-state index is 12.3. The second-order valence-electron chi connectivity index (χ2n) is 4.49. The zero-order valence-corrected chi connectivity index (χ0v) is 14.3. The van der Waals surface area contributed by atoms with Crippen LogP contribution in [0.1, 0.15) is 0 Å². The molecule has 0 unspecified atom stereocenters. The van der Waals surface area contributed by atoms with Crippen molar-refractivity contribution in [2.24, 2.45) is 17.2 Å². The van der Waals surface area contributed by atoms with Gasteiger partial charge in [-0.25, -0.2) is 9.97 Å². The lowest BCUT2D eigenvalue weighted by atomic mass is 10.4. The third-order valence-electron chi connectivity index (χ3n) is 2.52. The van der Waals surface area contributed by atoms with Crippen LogP contribution in [-0.4, -0.2) is 46.0 Å². The van der Waals surface area contributed by atoms with Crippen molar-refractivity contribution in [3.05, 3.63) is 62.8 Å². The maximum atomic E-state index is 12.3. The number of pyridine rings is 2. The Morgan fingerprint density at radius 3 is 1.85 bits per heavy atom. The molecule has 2 rings (SSSR count). The van der Waals surface area contributed by atoms with Crippen LogP contribution < -0.4 is 22.5 Å². The number of halogens is 1. The molecule has 0 aliphatic heterocycles. The highest BCUT2D eigenvalue weighted by molar-refractivity contribution is 5.54. The Bertz CT molecular complexity index is 717. The molecule has 0 saturated carbocycles. The quantitative estimate of drug-likeness (QED) is 0.306. The molecule has 13 heteroatoms. The summed E-state index contributed by atoms with van der Waals surface area (Å²) in [7, 11) is 0. The van der Waals surface area contributed by atoms with E-state index in [-0.39, 0.29) is 11.5 Å². The summed E-state index contributed by atoms with van der Waals surface area (Å²) in [6.45, 7) is 2.07. The van der Waals surface area contributed by atoms with E-state index < -0.39 is 21.5 Å². The number of anilines is 1. The summed E-state index contributed by atoms with van der Waals surface area (Å²) in [5.41, 5.74) is 14.4. The summed E-state index contributed by atoms with van der Waals surface area (Å²) >= 11 is 0. The molecule has 0 atom stereocenters. The molecule has 2 aromatic heterocycles. The van der Waals surface area contributed by atoms with E-state index in [0.29, 0.717) is 26.2 Å². The molecular formula is C14H21FN8O4. The van der Waals surface area contributed by atoms with Crippen LogP contribution in [0.4, 0.5) is 21.6 Å². The average molecular weight is 384 g/mol. The van der Waals surface area contributed by atoms with Crippen molar-refractivity contribution in [2.45, 2.75) is 0 Å². The number of nitrogens with zero attached hydrogens (tertiary/aromatic N) is 4. The Kier molecular flexibility index (Phi) is 12.2. The van der Waals surface area contributed by atoms with Crippen molar-refractivity contribution in [3.8, 4) is 0 Å². The Morgan fingerprint density at radius 2 is 1.44 bits per heavy atom. The molecule has 0 bridgehead atoms. The Morgan fingerprint density at radius 1 is 0.926 bits per heavy atom. The standard InChI is InChI=1S/C7H10N4O2.C5H3FN2O2.C2H8N2/c8-3-5-10-7-6(11(12)13)2-1-4-9-7;6-5-4(8(9)10)2-1-3-7-5;3-1-2-4/h1-2,4H,3,5,8H2,(H,9,10);1-3H;1-4H2. The molecule has 0 aromatic carbocycles. The van der Waals surface area contributed by atoms with Gasteiger partial charge in [0, 0.05) is 50.7 Å². The molecule has 7 N–H and O–H groups in total. The SMILES string of the molecule is NCCN.NCCNc1ncccc1[N+](=O)[O-].O=[N+]([O-])c1cccnc1F. The first-order valence-corrected chi connectivity index (χ1v) is 7.57. The van der Waals surface area contributed by atoms with Gasteiger partial charge >= 0.3 is 11.4 Å². The van der Waals surface area contributed by atoms with Crippen molar-refractivity contribution >= 4 is 17.2 Å². The zero-order valence-electron chi connectivity index (χ0n) is 14.3. The number of hydrogen-bond acceptors (Lipinski definition) is 10. The monoisotopic (exact) mass is 384 g/mol. The van der Waals surface area contributed by atoms with Gasteiger partial charge in [-0.1, -0.05) is 0 Å². The van der Waals surface area contributed by atoms with E-state index in [9.17, 15) is 24.6 Å². The van der Waals surface area contributed by atoms with E-state index in [2.05, 4.69) is 15.3 Å². The summed E-state index contributed by atoms with van der Waals surface area (Å²) in [5.74, 6) is -0.787. The second-order valence-corrected chi connectivity index (χ2v) is 4.49. The van der Waals surface area contributed by atoms with E-state index in [1.807, 2.05) is 0 Å². The highest BCUT2D eigenvalue weighted by Crippen LogP contribution is 2.19. The number of rotatable bonds is 6. The van der Waals surface area contributed by atoms with Crippen LogP contribution in [0.15, 0.2) is 36.7 Å². The predicted molar refractivity (Wildman–Crippen MR) is 97.4 cm³/mol.